The van der Waals surface area contributed by atoms with Gasteiger partial charge in [-0.25, -0.2) is 19.6 Å². The Morgan fingerprint density at radius 3 is 2.83 bits per heavy atom. The summed E-state index contributed by atoms with van der Waals surface area (Å²) >= 11 is 1.51. The highest BCUT2D eigenvalue weighted by Crippen LogP contribution is 2.29. The van der Waals surface area contributed by atoms with Crippen LogP contribution in [0.2, 0.25) is 0 Å². The largest absolute Gasteiger partial charge is 0.491 e. The molecule has 3 heterocycles. The molecule has 0 atom stereocenters. The smallest absolute Gasteiger partial charge is 0.383 e. The number of carbonyl (C=O) groups is 2. The van der Waals surface area contributed by atoms with Gasteiger partial charge in [-0.05, 0) is 18.2 Å². The van der Waals surface area contributed by atoms with Crippen molar-refractivity contribution in [1.29, 1.82) is 0 Å². The lowest BCUT2D eigenvalue weighted by atomic mass is 10.2. The SMILES string of the molecule is Cn1c(Nc2nc3c(s2)CNCC3)nc2cc(C(=O)OC(=O)C(F)(F)F)ccc21. The van der Waals surface area contributed by atoms with Gasteiger partial charge < -0.3 is 19.9 Å². The van der Waals surface area contributed by atoms with Crippen LogP contribution >= 0.6 is 11.3 Å². The highest BCUT2D eigenvalue weighted by atomic mass is 32.1. The Balaban J connectivity index is 1.58. The van der Waals surface area contributed by atoms with Crippen LogP contribution in [0.3, 0.4) is 0 Å². The van der Waals surface area contributed by atoms with E-state index in [0.29, 0.717) is 22.1 Å². The minimum absolute atomic E-state index is 0.212. The summed E-state index contributed by atoms with van der Waals surface area (Å²) in [6.07, 6.45) is -4.40. The van der Waals surface area contributed by atoms with E-state index in [4.69, 9.17) is 0 Å². The van der Waals surface area contributed by atoms with Gasteiger partial charge >= 0.3 is 18.1 Å². The zero-order valence-electron chi connectivity index (χ0n) is 15.0. The number of hydrogen-bond acceptors (Lipinski definition) is 8. The lowest BCUT2D eigenvalue weighted by molar-refractivity contribution is -0.193. The molecule has 0 saturated heterocycles. The highest BCUT2D eigenvalue weighted by molar-refractivity contribution is 7.15. The molecular weight excluding hydrogens is 411 g/mol. The van der Waals surface area contributed by atoms with E-state index in [1.165, 1.54) is 29.5 Å². The number of thiazole rings is 1. The lowest BCUT2D eigenvalue weighted by Gasteiger charge is -2.09. The summed E-state index contributed by atoms with van der Waals surface area (Å²) in [4.78, 5) is 32.8. The lowest BCUT2D eigenvalue weighted by Crippen LogP contribution is -2.28. The predicted molar refractivity (Wildman–Crippen MR) is 98.0 cm³/mol. The fourth-order valence-electron chi connectivity index (χ4n) is 2.91. The van der Waals surface area contributed by atoms with Crippen molar-refractivity contribution in [3.8, 4) is 0 Å². The third-order valence-electron chi connectivity index (χ3n) is 4.35. The average Bonchev–Trinajstić information content (AvgIpc) is 3.21. The molecule has 0 unspecified atom stereocenters. The number of benzene rings is 1. The number of aryl methyl sites for hydroxylation is 1. The number of esters is 2. The van der Waals surface area contributed by atoms with Gasteiger partial charge in [0.25, 0.3) is 0 Å². The van der Waals surface area contributed by atoms with Crippen LogP contribution < -0.4 is 10.6 Å². The second kappa shape index (κ2) is 7.12. The predicted octanol–water partition coefficient (Wildman–Crippen LogP) is 2.66. The Hall–Kier alpha value is -2.99. The van der Waals surface area contributed by atoms with Crippen molar-refractivity contribution in [2.45, 2.75) is 19.1 Å². The second-order valence-electron chi connectivity index (χ2n) is 6.31. The molecule has 3 aromatic rings. The number of alkyl halides is 3. The minimum Gasteiger partial charge on any atom is -0.383 e. The van der Waals surface area contributed by atoms with E-state index in [1.54, 1.807) is 11.6 Å². The molecule has 0 saturated carbocycles. The molecule has 4 rings (SSSR count). The molecule has 0 aliphatic carbocycles. The minimum atomic E-state index is -5.25. The normalized spacial score (nSPS) is 13.9. The molecule has 0 bridgehead atoms. The van der Waals surface area contributed by atoms with Crippen LogP contribution in [0.15, 0.2) is 18.2 Å². The molecule has 1 aliphatic heterocycles. The number of nitrogens with zero attached hydrogens (tertiary/aromatic N) is 3. The summed E-state index contributed by atoms with van der Waals surface area (Å²) in [6.45, 7) is 1.64. The molecule has 152 valence electrons. The van der Waals surface area contributed by atoms with E-state index < -0.39 is 18.1 Å². The van der Waals surface area contributed by atoms with Crippen molar-refractivity contribution in [3.63, 3.8) is 0 Å². The molecule has 0 amide bonds. The van der Waals surface area contributed by atoms with Crippen LogP contribution in [0, 0.1) is 0 Å². The van der Waals surface area contributed by atoms with Crippen molar-refractivity contribution in [2.24, 2.45) is 7.05 Å². The Labute approximate surface area is 165 Å². The van der Waals surface area contributed by atoms with Gasteiger partial charge in [0, 0.05) is 31.4 Å². The van der Waals surface area contributed by atoms with E-state index in [9.17, 15) is 22.8 Å². The number of carbonyl (C=O) groups excluding carboxylic acids is 2. The highest BCUT2D eigenvalue weighted by Gasteiger charge is 2.42. The molecule has 29 heavy (non-hydrogen) atoms. The Morgan fingerprint density at radius 1 is 1.31 bits per heavy atom. The number of anilines is 2. The Morgan fingerprint density at radius 2 is 2.10 bits per heavy atom. The van der Waals surface area contributed by atoms with E-state index >= 15 is 0 Å². The van der Waals surface area contributed by atoms with Crippen LogP contribution in [-0.2, 0) is 29.5 Å². The van der Waals surface area contributed by atoms with E-state index in [2.05, 4.69) is 25.3 Å². The monoisotopic (exact) mass is 425 g/mol. The number of nitrogens with one attached hydrogen (secondary N) is 2. The second-order valence-corrected chi connectivity index (χ2v) is 7.40. The molecule has 0 fully saturated rings. The summed E-state index contributed by atoms with van der Waals surface area (Å²) < 4.78 is 42.4. The summed E-state index contributed by atoms with van der Waals surface area (Å²) in [5, 5.41) is 7.08. The first-order chi connectivity index (χ1) is 13.7. The molecule has 2 N–H and O–H groups in total. The van der Waals surface area contributed by atoms with Crippen molar-refractivity contribution in [3.05, 3.63) is 34.3 Å². The summed E-state index contributed by atoms with van der Waals surface area (Å²) in [7, 11) is 1.75. The number of aromatic nitrogens is 3. The maximum absolute atomic E-state index is 12.3. The van der Waals surface area contributed by atoms with E-state index in [-0.39, 0.29) is 5.56 Å². The molecule has 12 heteroatoms. The molecule has 1 aromatic carbocycles. The molecule has 0 radical (unpaired) electrons. The van der Waals surface area contributed by atoms with Crippen LogP contribution in [-0.4, -0.2) is 39.2 Å². The van der Waals surface area contributed by atoms with Crippen LogP contribution in [0.5, 0.6) is 0 Å². The molecule has 2 aromatic heterocycles. The van der Waals surface area contributed by atoms with Crippen LogP contribution in [0.4, 0.5) is 24.3 Å². The number of imidazole rings is 1. The van der Waals surface area contributed by atoms with Gasteiger partial charge in [-0.1, -0.05) is 0 Å². The van der Waals surface area contributed by atoms with Crippen LogP contribution in [0.25, 0.3) is 11.0 Å². The van der Waals surface area contributed by atoms with Crippen molar-refractivity contribution < 1.29 is 27.5 Å². The topological polar surface area (TPSA) is 98.1 Å². The summed E-state index contributed by atoms with van der Waals surface area (Å²) in [5.74, 6) is -3.50. The zero-order valence-corrected chi connectivity index (χ0v) is 15.8. The van der Waals surface area contributed by atoms with Gasteiger partial charge in [-0.3, -0.25) is 0 Å². The Kier molecular flexibility index (Phi) is 4.74. The molecule has 8 nitrogen and oxygen atoms in total. The maximum Gasteiger partial charge on any atom is 0.491 e. The van der Waals surface area contributed by atoms with E-state index in [1.807, 2.05) is 0 Å². The van der Waals surface area contributed by atoms with Crippen molar-refractivity contribution in [2.75, 3.05) is 11.9 Å². The summed E-state index contributed by atoms with van der Waals surface area (Å²) in [6, 6.07) is 4.05. The first-order valence-electron chi connectivity index (χ1n) is 8.48. The third kappa shape index (κ3) is 3.80. The zero-order chi connectivity index (χ0) is 20.8. The average molecular weight is 425 g/mol. The number of ether oxygens (including phenoxy) is 1. The van der Waals surface area contributed by atoms with Gasteiger partial charge in [-0.2, -0.15) is 13.2 Å². The number of halogens is 3. The van der Waals surface area contributed by atoms with Crippen LogP contribution in [0.1, 0.15) is 20.9 Å². The standard InChI is InChI=1S/C17H14F3N5O3S/c1-25-11-3-2-8(13(26)28-14(27)17(18,19)20)6-10(11)22-15(25)24-16-23-9-4-5-21-7-12(9)29-16/h2-3,6,21H,4-5,7H2,1H3,(H,22,23,24). The third-order valence-corrected chi connectivity index (χ3v) is 5.37. The fourth-order valence-corrected chi connectivity index (χ4v) is 3.89. The molecule has 1 aliphatic rings. The quantitative estimate of drug-likeness (QED) is 0.492. The molecule has 0 spiro atoms. The Bertz CT molecular complexity index is 1100. The van der Waals surface area contributed by atoms with Gasteiger partial charge in [-0.15, -0.1) is 11.3 Å². The number of fused-ring (bicyclic) bond motifs is 2. The van der Waals surface area contributed by atoms with E-state index in [0.717, 1.165) is 30.1 Å². The first-order valence-corrected chi connectivity index (χ1v) is 9.30. The van der Waals surface area contributed by atoms with Gasteiger partial charge in [0.15, 0.2) is 5.13 Å². The maximum atomic E-state index is 12.3. The summed E-state index contributed by atoms with van der Waals surface area (Å²) in [5.41, 5.74) is 1.81. The van der Waals surface area contributed by atoms with Gasteiger partial charge in [0.2, 0.25) is 5.95 Å². The van der Waals surface area contributed by atoms with Gasteiger partial charge in [0.1, 0.15) is 0 Å². The number of hydrogen-bond donors (Lipinski definition) is 2. The number of rotatable bonds is 3. The first kappa shape index (κ1) is 19.3. The van der Waals surface area contributed by atoms with Crippen molar-refractivity contribution >= 4 is 45.4 Å². The molecular formula is C17H14F3N5O3S. The van der Waals surface area contributed by atoms with Crippen molar-refractivity contribution in [1.82, 2.24) is 19.9 Å². The fraction of sp³-hybridized carbons (Fsp3) is 0.294. The van der Waals surface area contributed by atoms with Gasteiger partial charge in [0.05, 0.1) is 22.3 Å².